The van der Waals surface area contributed by atoms with Gasteiger partial charge in [-0.1, -0.05) is 6.92 Å². The highest BCUT2D eigenvalue weighted by molar-refractivity contribution is 4.90. The van der Waals surface area contributed by atoms with Crippen LogP contribution in [0.2, 0.25) is 0 Å². The predicted molar refractivity (Wildman–Crippen MR) is 68.5 cm³/mol. The van der Waals surface area contributed by atoms with Crippen LogP contribution in [-0.4, -0.2) is 54.1 Å². The molecule has 2 aliphatic rings. The lowest BCUT2D eigenvalue weighted by atomic mass is 10.1. The summed E-state index contributed by atoms with van der Waals surface area (Å²) in [6.45, 7) is 9.63. The van der Waals surface area contributed by atoms with E-state index in [1.54, 1.807) is 0 Å². The molecular formula is C13H27N3. The molecule has 2 saturated heterocycles. The molecule has 2 heterocycles. The summed E-state index contributed by atoms with van der Waals surface area (Å²) in [5, 5.41) is 0. The van der Waals surface area contributed by atoms with Gasteiger partial charge in [0.15, 0.2) is 0 Å². The van der Waals surface area contributed by atoms with Gasteiger partial charge in [0.25, 0.3) is 0 Å². The van der Waals surface area contributed by atoms with E-state index in [-0.39, 0.29) is 0 Å². The lowest BCUT2D eigenvalue weighted by Crippen LogP contribution is -2.46. The van der Waals surface area contributed by atoms with E-state index in [4.69, 9.17) is 5.73 Å². The van der Waals surface area contributed by atoms with Gasteiger partial charge in [0, 0.05) is 31.2 Å². The van der Waals surface area contributed by atoms with Crippen molar-refractivity contribution in [3.05, 3.63) is 0 Å². The van der Waals surface area contributed by atoms with Crippen molar-refractivity contribution in [2.24, 2.45) is 5.73 Å². The number of likely N-dealkylation sites (tertiary alicyclic amines) is 2. The minimum atomic E-state index is 0.345. The van der Waals surface area contributed by atoms with E-state index in [0.29, 0.717) is 12.1 Å². The normalized spacial score (nSPS) is 32.1. The topological polar surface area (TPSA) is 32.5 Å². The van der Waals surface area contributed by atoms with E-state index in [2.05, 4.69) is 23.6 Å². The maximum absolute atomic E-state index is 6.14. The largest absolute Gasteiger partial charge is 0.326 e. The van der Waals surface area contributed by atoms with Gasteiger partial charge >= 0.3 is 0 Å². The number of rotatable bonds is 4. The molecule has 2 N–H and O–H groups in total. The van der Waals surface area contributed by atoms with Crippen LogP contribution in [0.5, 0.6) is 0 Å². The third-order valence-corrected chi connectivity index (χ3v) is 4.52. The number of nitrogens with zero attached hydrogens (tertiary/aromatic N) is 2. The highest BCUT2D eigenvalue weighted by atomic mass is 15.3. The molecule has 0 aromatic rings. The fraction of sp³-hybridized carbons (Fsp3) is 1.00. The molecule has 16 heavy (non-hydrogen) atoms. The molecule has 0 saturated carbocycles. The Labute approximate surface area is 100.0 Å². The van der Waals surface area contributed by atoms with Gasteiger partial charge in [-0.05, 0) is 45.7 Å². The molecule has 0 spiro atoms. The molecule has 2 fully saturated rings. The first kappa shape index (κ1) is 12.3. The molecule has 3 heteroatoms. The maximum atomic E-state index is 6.14. The molecule has 3 unspecified atom stereocenters. The highest BCUT2D eigenvalue weighted by Crippen LogP contribution is 2.22. The van der Waals surface area contributed by atoms with Crippen molar-refractivity contribution >= 4 is 0 Å². The summed E-state index contributed by atoms with van der Waals surface area (Å²) in [6.07, 6.45) is 5.24. The molecule has 94 valence electrons. The SMILES string of the molecule is CCC(N)C(C)N1CCC(N2CCCC2)C1. The van der Waals surface area contributed by atoms with Crippen LogP contribution in [0, 0.1) is 0 Å². The number of hydrogen-bond acceptors (Lipinski definition) is 3. The minimum Gasteiger partial charge on any atom is -0.326 e. The standard InChI is InChI=1S/C13H27N3/c1-3-13(14)11(2)16-9-6-12(10-16)15-7-4-5-8-15/h11-13H,3-10,14H2,1-2H3. The zero-order valence-corrected chi connectivity index (χ0v) is 10.9. The van der Waals surface area contributed by atoms with Gasteiger partial charge in [-0.15, -0.1) is 0 Å². The second-order valence-corrected chi connectivity index (χ2v) is 5.49. The molecule has 3 nitrogen and oxygen atoms in total. The van der Waals surface area contributed by atoms with Gasteiger partial charge in [-0.3, -0.25) is 9.80 Å². The Morgan fingerprint density at radius 2 is 1.94 bits per heavy atom. The van der Waals surface area contributed by atoms with Crippen LogP contribution < -0.4 is 5.73 Å². The van der Waals surface area contributed by atoms with Crippen molar-refractivity contribution in [2.75, 3.05) is 26.2 Å². The van der Waals surface area contributed by atoms with Crippen molar-refractivity contribution in [2.45, 2.75) is 57.7 Å². The van der Waals surface area contributed by atoms with Gasteiger partial charge in [0.1, 0.15) is 0 Å². The monoisotopic (exact) mass is 225 g/mol. The Kier molecular flexibility index (Phi) is 4.22. The zero-order valence-electron chi connectivity index (χ0n) is 10.9. The van der Waals surface area contributed by atoms with Crippen LogP contribution in [0.4, 0.5) is 0 Å². The highest BCUT2D eigenvalue weighted by Gasteiger charge is 2.32. The predicted octanol–water partition coefficient (Wildman–Crippen LogP) is 1.28. The van der Waals surface area contributed by atoms with Crippen molar-refractivity contribution in [3.63, 3.8) is 0 Å². The van der Waals surface area contributed by atoms with Gasteiger partial charge < -0.3 is 5.73 Å². The summed E-state index contributed by atoms with van der Waals surface area (Å²) in [5.74, 6) is 0. The summed E-state index contributed by atoms with van der Waals surface area (Å²) >= 11 is 0. The molecule has 0 bridgehead atoms. The van der Waals surface area contributed by atoms with E-state index >= 15 is 0 Å². The van der Waals surface area contributed by atoms with Crippen LogP contribution >= 0.6 is 0 Å². The van der Waals surface area contributed by atoms with Crippen molar-refractivity contribution in [1.29, 1.82) is 0 Å². The Hall–Kier alpha value is -0.120. The first-order valence-electron chi connectivity index (χ1n) is 6.96. The van der Waals surface area contributed by atoms with Crippen LogP contribution in [-0.2, 0) is 0 Å². The number of nitrogens with two attached hydrogens (primary N) is 1. The zero-order chi connectivity index (χ0) is 11.5. The van der Waals surface area contributed by atoms with Gasteiger partial charge in [-0.25, -0.2) is 0 Å². The summed E-state index contributed by atoms with van der Waals surface area (Å²) < 4.78 is 0. The minimum absolute atomic E-state index is 0.345. The van der Waals surface area contributed by atoms with Crippen molar-refractivity contribution < 1.29 is 0 Å². The second-order valence-electron chi connectivity index (χ2n) is 5.49. The van der Waals surface area contributed by atoms with Crippen molar-refractivity contribution in [1.82, 2.24) is 9.80 Å². The van der Waals surface area contributed by atoms with Gasteiger partial charge in [0.05, 0.1) is 0 Å². The molecule has 0 aromatic heterocycles. The first-order valence-corrected chi connectivity index (χ1v) is 6.96. The molecule has 2 aliphatic heterocycles. The Bertz CT molecular complexity index is 213. The van der Waals surface area contributed by atoms with E-state index < -0.39 is 0 Å². The van der Waals surface area contributed by atoms with E-state index in [1.165, 1.54) is 45.4 Å². The fourth-order valence-electron chi connectivity index (χ4n) is 3.15. The molecule has 3 atom stereocenters. The quantitative estimate of drug-likeness (QED) is 0.782. The average Bonchev–Trinajstić information content (AvgIpc) is 2.96. The first-order chi connectivity index (χ1) is 7.72. The van der Waals surface area contributed by atoms with E-state index in [1.807, 2.05) is 0 Å². The van der Waals surface area contributed by atoms with Crippen LogP contribution in [0.15, 0.2) is 0 Å². The molecule has 0 amide bonds. The second kappa shape index (κ2) is 5.48. The summed E-state index contributed by atoms with van der Waals surface area (Å²) in [5.41, 5.74) is 6.14. The Balaban J connectivity index is 1.82. The Morgan fingerprint density at radius 1 is 1.25 bits per heavy atom. The van der Waals surface area contributed by atoms with Gasteiger partial charge in [-0.2, -0.15) is 0 Å². The fourth-order valence-corrected chi connectivity index (χ4v) is 3.15. The third-order valence-electron chi connectivity index (χ3n) is 4.52. The van der Waals surface area contributed by atoms with E-state index in [9.17, 15) is 0 Å². The maximum Gasteiger partial charge on any atom is 0.0235 e. The molecule has 2 rings (SSSR count). The molecule has 0 aliphatic carbocycles. The van der Waals surface area contributed by atoms with Crippen LogP contribution in [0.3, 0.4) is 0 Å². The molecular weight excluding hydrogens is 198 g/mol. The van der Waals surface area contributed by atoms with Gasteiger partial charge in [0.2, 0.25) is 0 Å². The summed E-state index contributed by atoms with van der Waals surface area (Å²) in [6, 6.07) is 1.71. The average molecular weight is 225 g/mol. The lowest BCUT2D eigenvalue weighted by molar-refractivity contribution is 0.189. The smallest absolute Gasteiger partial charge is 0.0235 e. The Morgan fingerprint density at radius 3 is 2.56 bits per heavy atom. The molecule has 0 aromatic carbocycles. The lowest BCUT2D eigenvalue weighted by Gasteiger charge is -2.30. The summed E-state index contributed by atoms with van der Waals surface area (Å²) in [7, 11) is 0. The van der Waals surface area contributed by atoms with Crippen LogP contribution in [0.25, 0.3) is 0 Å². The van der Waals surface area contributed by atoms with E-state index in [0.717, 1.165) is 12.5 Å². The molecule has 0 radical (unpaired) electrons. The number of hydrogen-bond donors (Lipinski definition) is 1. The van der Waals surface area contributed by atoms with Crippen molar-refractivity contribution in [3.8, 4) is 0 Å². The van der Waals surface area contributed by atoms with Crippen LogP contribution in [0.1, 0.15) is 39.5 Å². The third kappa shape index (κ3) is 2.58. The summed E-state index contributed by atoms with van der Waals surface area (Å²) in [4.78, 5) is 5.28.